The Morgan fingerprint density at radius 2 is 0.367 bits per heavy atom. The van der Waals surface area contributed by atoms with Crippen molar-refractivity contribution in [3.63, 3.8) is 0 Å². The summed E-state index contributed by atoms with van der Waals surface area (Å²) >= 11 is 0. The van der Waals surface area contributed by atoms with E-state index < -0.39 is 97.5 Å². The summed E-state index contributed by atoms with van der Waals surface area (Å²) in [4.78, 5) is 73.4. The van der Waals surface area contributed by atoms with Crippen molar-refractivity contribution in [2.45, 2.75) is 515 Å². The highest BCUT2D eigenvalue weighted by Gasteiger charge is 2.30. The Morgan fingerprint density at radius 3 is 0.541 bits per heavy atom. The van der Waals surface area contributed by atoms with Crippen LogP contribution >= 0.6 is 15.6 Å². The first kappa shape index (κ1) is 107. The lowest BCUT2D eigenvalue weighted by molar-refractivity contribution is -0.161. The molecule has 0 aromatic heterocycles. The van der Waals surface area contributed by atoms with Gasteiger partial charge in [-0.2, -0.15) is 0 Å². The molecule has 0 aliphatic carbocycles. The van der Waals surface area contributed by atoms with Crippen LogP contribution in [0.3, 0.4) is 0 Å². The van der Waals surface area contributed by atoms with Gasteiger partial charge >= 0.3 is 39.5 Å². The number of carbonyl (C=O) groups excluding carboxylic acids is 4. The molecule has 0 aliphatic heterocycles. The van der Waals surface area contributed by atoms with Gasteiger partial charge in [-0.3, -0.25) is 37.3 Å². The molecule has 19 heteroatoms. The third-order valence-corrected chi connectivity index (χ3v) is 23.3. The highest BCUT2D eigenvalue weighted by atomic mass is 31.2. The van der Waals surface area contributed by atoms with Gasteiger partial charge in [-0.1, -0.05) is 445 Å². The monoisotopic (exact) mass is 1590 g/mol. The van der Waals surface area contributed by atoms with Gasteiger partial charge in [0, 0.05) is 25.7 Å². The van der Waals surface area contributed by atoms with E-state index in [0.717, 1.165) is 89.9 Å². The second-order valence-corrected chi connectivity index (χ2v) is 35.3. The molecule has 0 rings (SSSR count). The number of carbonyl (C=O) groups is 4. The van der Waals surface area contributed by atoms with E-state index >= 15 is 0 Å². The minimum absolute atomic E-state index is 0.109. The summed E-state index contributed by atoms with van der Waals surface area (Å²) < 4.78 is 69.0. The van der Waals surface area contributed by atoms with E-state index in [1.807, 2.05) is 0 Å². The second kappa shape index (κ2) is 84.0. The predicted octanol–water partition coefficient (Wildman–Crippen LogP) is 28.1. The molecule has 648 valence electrons. The van der Waals surface area contributed by atoms with Gasteiger partial charge in [0.15, 0.2) is 12.2 Å². The highest BCUT2D eigenvalue weighted by Crippen LogP contribution is 2.45. The molecule has 0 radical (unpaired) electrons. The van der Waals surface area contributed by atoms with Crippen molar-refractivity contribution in [3.05, 3.63) is 0 Å². The standard InChI is InChI=1S/C90H176O17P2/c1-5-9-13-17-21-25-29-33-36-38-40-42-44-46-48-52-55-59-63-67-71-75-88(93)101-81-86(107-90(95)77-73-69-65-61-57-53-49-47-45-43-41-39-37-34-30-26-22-18-14-10-6-2)83-105-109(98,99)103-79-84(91)78-102-108(96,97)104-82-85(80-100-87(92)74-70-66-62-58-54-50-32-28-24-20-16-12-8-4)106-89(94)76-72-68-64-60-56-51-35-31-27-23-19-15-11-7-3/h84-86,91H,5-83H2,1-4H3,(H,96,97)(H,98,99)/t84-,85+,86+/m0/s1. The molecule has 0 aromatic carbocycles. The number of ether oxygens (including phenoxy) is 4. The summed E-state index contributed by atoms with van der Waals surface area (Å²) in [6.45, 7) is 5.08. The van der Waals surface area contributed by atoms with Crippen molar-refractivity contribution in [3.8, 4) is 0 Å². The van der Waals surface area contributed by atoms with Crippen LogP contribution in [-0.2, 0) is 65.4 Å². The zero-order valence-electron chi connectivity index (χ0n) is 71.5. The molecule has 0 bridgehead atoms. The van der Waals surface area contributed by atoms with E-state index in [1.165, 1.54) is 327 Å². The minimum Gasteiger partial charge on any atom is -0.462 e. The number of hydrogen-bond acceptors (Lipinski definition) is 15. The van der Waals surface area contributed by atoms with Gasteiger partial charge < -0.3 is 33.8 Å². The van der Waals surface area contributed by atoms with Crippen molar-refractivity contribution < 1.29 is 80.2 Å². The van der Waals surface area contributed by atoms with Crippen molar-refractivity contribution in [2.24, 2.45) is 0 Å². The number of aliphatic hydroxyl groups excluding tert-OH is 1. The van der Waals surface area contributed by atoms with Gasteiger partial charge in [0.2, 0.25) is 0 Å². The van der Waals surface area contributed by atoms with Crippen molar-refractivity contribution in [1.82, 2.24) is 0 Å². The normalized spacial score (nSPS) is 13.6. The van der Waals surface area contributed by atoms with E-state index in [-0.39, 0.29) is 25.7 Å². The van der Waals surface area contributed by atoms with Crippen LogP contribution in [0.25, 0.3) is 0 Å². The van der Waals surface area contributed by atoms with E-state index in [2.05, 4.69) is 27.7 Å². The number of rotatable bonds is 91. The number of aliphatic hydroxyl groups is 1. The first-order chi connectivity index (χ1) is 53.2. The maximum Gasteiger partial charge on any atom is 0.472 e. The Balaban J connectivity index is 5.23. The fourth-order valence-corrected chi connectivity index (χ4v) is 15.8. The topological polar surface area (TPSA) is 237 Å². The van der Waals surface area contributed by atoms with E-state index in [9.17, 15) is 43.2 Å². The van der Waals surface area contributed by atoms with Gasteiger partial charge in [0.25, 0.3) is 0 Å². The number of esters is 4. The molecular weight excluding hydrogens is 1410 g/mol. The molecule has 109 heavy (non-hydrogen) atoms. The Labute approximate surface area is 670 Å². The lowest BCUT2D eigenvalue weighted by atomic mass is 10.0. The van der Waals surface area contributed by atoms with Crippen LogP contribution in [0, 0.1) is 0 Å². The average Bonchev–Trinajstić information content (AvgIpc) is 0.900. The molecular formula is C90H176O17P2. The third kappa shape index (κ3) is 83.8. The van der Waals surface area contributed by atoms with Crippen LogP contribution in [0.1, 0.15) is 496 Å². The van der Waals surface area contributed by atoms with Gasteiger partial charge in [0.1, 0.15) is 19.3 Å². The van der Waals surface area contributed by atoms with Crippen LogP contribution in [0.4, 0.5) is 0 Å². The maximum absolute atomic E-state index is 13.2. The number of phosphoric ester groups is 2. The van der Waals surface area contributed by atoms with Crippen LogP contribution in [0.2, 0.25) is 0 Å². The molecule has 0 aliphatic rings. The molecule has 0 amide bonds. The fraction of sp³-hybridized carbons (Fsp3) is 0.956. The zero-order valence-corrected chi connectivity index (χ0v) is 73.3. The van der Waals surface area contributed by atoms with Gasteiger partial charge in [-0.05, 0) is 25.7 Å². The summed E-state index contributed by atoms with van der Waals surface area (Å²) in [6.07, 6.45) is 80.6. The van der Waals surface area contributed by atoms with Crippen LogP contribution in [0.15, 0.2) is 0 Å². The first-order valence-electron chi connectivity index (χ1n) is 46.8. The van der Waals surface area contributed by atoms with Crippen molar-refractivity contribution >= 4 is 39.5 Å². The van der Waals surface area contributed by atoms with E-state index in [1.54, 1.807) is 0 Å². The third-order valence-electron chi connectivity index (χ3n) is 21.4. The Kier molecular flexibility index (Phi) is 82.5. The molecule has 0 heterocycles. The molecule has 5 atom stereocenters. The van der Waals surface area contributed by atoms with Crippen LogP contribution < -0.4 is 0 Å². The second-order valence-electron chi connectivity index (χ2n) is 32.3. The summed E-state index contributed by atoms with van der Waals surface area (Å²) in [5.74, 6) is -2.09. The summed E-state index contributed by atoms with van der Waals surface area (Å²) in [5.41, 5.74) is 0. The maximum atomic E-state index is 13.2. The summed E-state index contributed by atoms with van der Waals surface area (Å²) in [5, 5.41) is 10.7. The zero-order chi connectivity index (χ0) is 79.6. The lowest BCUT2D eigenvalue weighted by Crippen LogP contribution is -2.30. The predicted molar refractivity (Wildman–Crippen MR) is 451 cm³/mol. The molecule has 0 saturated carbocycles. The molecule has 2 unspecified atom stereocenters. The number of unbranched alkanes of at least 4 members (excludes halogenated alkanes) is 65. The van der Waals surface area contributed by atoms with Crippen LogP contribution in [0.5, 0.6) is 0 Å². The van der Waals surface area contributed by atoms with Gasteiger partial charge in [0.05, 0.1) is 26.4 Å². The molecule has 0 fully saturated rings. The van der Waals surface area contributed by atoms with Gasteiger partial charge in [-0.15, -0.1) is 0 Å². The fourth-order valence-electron chi connectivity index (χ4n) is 14.2. The molecule has 0 spiro atoms. The minimum atomic E-state index is -4.97. The van der Waals surface area contributed by atoms with Crippen molar-refractivity contribution in [2.75, 3.05) is 39.6 Å². The lowest BCUT2D eigenvalue weighted by Gasteiger charge is -2.21. The molecule has 17 nitrogen and oxygen atoms in total. The van der Waals surface area contributed by atoms with Crippen LogP contribution in [-0.4, -0.2) is 96.7 Å². The Bertz CT molecular complexity index is 2050. The largest absolute Gasteiger partial charge is 0.472 e. The average molecular weight is 1590 g/mol. The molecule has 3 N–H and O–H groups in total. The van der Waals surface area contributed by atoms with Gasteiger partial charge in [-0.25, -0.2) is 9.13 Å². The summed E-state index contributed by atoms with van der Waals surface area (Å²) in [6, 6.07) is 0. The van der Waals surface area contributed by atoms with E-state index in [0.29, 0.717) is 25.7 Å². The Hall–Kier alpha value is -1.94. The quantitative estimate of drug-likeness (QED) is 0.0222. The number of hydrogen-bond donors (Lipinski definition) is 3. The Morgan fingerprint density at radius 1 is 0.220 bits per heavy atom. The molecule has 0 aromatic rings. The molecule has 0 saturated heterocycles. The smallest absolute Gasteiger partial charge is 0.462 e. The van der Waals surface area contributed by atoms with Crippen molar-refractivity contribution in [1.29, 1.82) is 0 Å². The number of phosphoric acid groups is 2. The van der Waals surface area contributed by atoms with E-state index in [4.69, 9.17) is 37.0 Å². The summed E-state index contributed by atoms with van der Waals surface area (Å²) in [7, 11) is -9.93. The highest BCUT2D eigenvalue weighted by molar-refractivity contribution is 7.47. The first-order valence-corrected chi connectivity index (χ1v) is 49.8. The SMILES string of the molecule is CCCCCCCCCCCCCCCCCCCCCCCC(=O)OC[C@H](COP(=O)(O)OC[C@@H](O)COP(=O)(O)OC[C@@H](COC(=O)CCCCCCCCCCCCCCC)OC(=O)CCCCCCCCCCCCCCCC)OC(=O)CCCCCCCCCCCCCCCCCCCCCCC.